The molecule has 15 heteroatoms. The molecule has 1 amide bonds. The standard InChI is InChI=1S/C34H43N5O8S2/c1-33(2)27-21-24(32(40)37(5)47-6)23-38(18-12-20-48(41,42)43)31(27)36-29(33)13-10-8-7-9-11-14-30-34(3,4)26-22-25(49(44,45)46)15-16-28(26)39(30)19-17-35/h7-11,13-16,21-23H,12,17-20,35H2,1-6H3,(H-,41,42,43,44,45,46)/p+1. The summed E-state index contributed by atoms with van der Waals surface area (Å²) in [5.41, 5.74) is 9.18. The Morgan fingerprint density at radius 2 is 1.69 bits per heavy atom. The van der Waals surface area contributed by atoms with Gasteiger partial charge in [0.05, 0.1) is 40.8 Å². The van der Waals surface area contributed by atoms with Gasteiger partial charge < -0.3 is 10.6 Å². The molecule has 0 aliphatic carbocycles. The van der Waals surface area contributed by atoms with Gasteiger partial charge in [-0.1, -0.05) is 44.2 Å². The predicted molar refractivity (Wildman–Crippen MR) is 188 cm³/mol. The van der Waals surface area contributed by atoms with Crippen LogP contribution in [-0.2, 0) is 42.4 Å². The number of aryl methyl sites for hydroxylation is 1. The van der Waals surface area contributed by atoms with Crippen molar-refractivity contribution in [3.63, 3.8) is 0 Å². The van der Waals surface area contributed by atoms with Crippen molar-refractivity contribution < 1.29 is 40.1 Å². The molecule has 4 rings (SSSR count). The van der Waals surface area contributed by atoms with Crippen LogP contribution in [0.25, 0.3) is 0 Å². The fraction of sp³-hybridized carbons (Fsp3) is 0.382. The van der Waals surface area contributed by atoms with Crippen LogP contribution in [0.2, 0.25) is 0 Å². The number of carbonyl (C=O) groups excluding carboxylic acids is 1. The van der Waals surface area contributed by atoms with Crippen LogP contribution >= 0.6 is 0 Å². The van der Waals surface area contributed by atoms with E-state index in [0.717, 1.165) is 33.3 Å². The lowest BCUT2D eigenvalue weighted by atomic mass is 9.81. The molecule has 0 radical (unpaired) electrons. The number of hydrogen-bond acceptors (Lipinski definition) is 9. The molecule has 0 saturated carbocycles. The smallest absolute Gasteiger partial charge is 0.327 e. The van der Waals surface area contributed by atoms with Crippen molar-refractivity contribution in [1.82, 2.24) is 5.06 Å². The summed E-state index contributed by atoms with van der Waals surface area (Å²) in [6, 6.07) is 6.35. The van der Waals surface area contributed by atoms with Gasteiger partial charge in [0.2, 0.25) is 0 Å². The van der Waals surface area contributed by atoms with Crippen LogP contribution in [0.4, 0.5) is 11.5 Å². The molecule has 4 N–H and O–H groups in total. The lowest BCUT2D eigenvalue weighted by Crippen LogP contribution is -2.38. The van der Waals surface area contributed by atoms with E-state index < -0.39 is 36.8 Å². The number of aromatic nitrogens is 1. The van der Waals surface area contributed by atoms with Gasteiger partial charge in [0.1, 0.15) is 6.20 Å². The summed E-state index contributed by atoms with van der Waals surface area (Å²) in [5, 5.41) is 1.10. The number of carbonyl (C=O) groups is 1. The van der Waals surface area contributed by atoms with Gasteiger partial charge in [-0.15, -0.1) is 0 Å². The molecule has 2 aliphatic rings. The van der Waals surface area contributed by atoms with Crippen LogP contribution in [0.1, 0.15) is 55.6 Å². The number of nitrogens with zero attached hydrogens (tertiary/aromatic N) is 4. The second-order valence-electron chi connectivity index (χ2n) is 12.8. The van der Waals surface area contributed by atoms with E-state index in [0.29, 0.717) is 24.5 Å². The van der Waals surface area contributed by atoms with Crippen molar-refractivity contribution in [2.75, 3.05) is 37.9 Å². The molecule has 0 spiro atoms. The minimum Gasteiger partial charge on any atom is -0.343 e. The van der Waals surface area contributed by atoms with Gasteiger partial charge in [0.25, 0.3) is 26.1 Å². The van der Waals surface area contributed by atoms with E-state index in [1.165, 1.54) is 26.3 Å². The normalized spacial score (nSPS) is 17.8. The summed E-state index contributed by atoms with van der Waals surface area (Å²) in [5.74, 6) is -0.209. The number of rotatable bonds is 13. The maximum Gasteiger partial charge on any atom is 0.327 e. The summed E-state index contributed by atoms with van der Waals surface area (Å²) in [6.07, 6.45) is 14.9. The molecule has 2 aromatic rings. The van der Waals surface area contributed by atoms with Gasteiger partial charge in [-0.2, -0.15) is 16.8 Å². The Morgan fingerprint density at radius 1 is 1.02 bits per heavy atom. The summed E-state index contributed by atoms with van der Waals surface area (Å²) >= 11 is 0. The monoisotopic (exact) mass is 714 g/mol. The average Bonchev–Trinajstić information content (AvgIpc) is 3.39. The number of aliphatic imine (C=N–C) groups is 1. The highest BCUT2D eigenvalue weighted by Gasteiger charge is 2.43. The van der Waals surface area contributed by atoms with E-state index in [4.69, 9.17) is 15.6 Å². The van der Waals surface area contributed by atoms with Crippen LogP contribution in [-0.4, -0.2) is 75.6 Å². The van der Waals surface area contributed by atoms with Crippen molar-refractivity contribution in [1.29, 1.82) is 0 Å². The molecule has 0 unspecified atom stereocenters. The fourth-order valence-corrected chi connectivity index (χ4v) is 7.00. The minimum absolute atomic E-state index is 0.124. The van der Waals surface area contributed by atoms with E-state index >= 15 is 0 Å². The molecular formula is C34H44N5O8S2+. The highest BCUT2D eigenvalue weighted by molar-refractivity contribution is 7.86. The molecule has 1 aromatic carbocycles. The molecule has 2 aliphatic heterocycles. The molecule has 3 heterocycles. The number of fused-ring (bicyclic) bond motifs is 2. The first-order chi connectivity index (χ1) is 22.8. The van der Waals surface area contributed by atoms with E-state index in [2.05, 4.69) is 4.90 Å². The van der Waals surface area contributed by atoms with Crippen LogP contribution in [0.5, 0.6) is 0 Å². The molecular weight excluding hydrogens is 671 g/mol. The number of benzene rings is 1. The number of hydrogen-bond donors (Lipinski definition) is 3. The molecule has 1 aromatic heterocycles. The number of allylic oxidation sites excluding steroid dienone is 8. The Bertz CT molecular complexity index is 2000. The van der Waals surface area contributed by atoms with Crippen molar-refractivity contribution >= 4 is 43.4 Å². The predicted octanol–water partition coefficient (Wildman–Crippen LogP) is 3.80. The average molecular weight is 715 g/mol. The summed E-state index contributed by atoms with van der Waals surface area (Å²) in [7, 11) is -5.62. The Balaban J connectivity index is 1.56. The first kappa shape index (κ1) is 37.8. The Hall–Kier alpha value is -3.99. The van der Waals surface area contributed by atoms with Crippen LogP contribution in [0.15, 0.2) is 88.6 Å². The van der Waals surface area contributed by atoms with E-state index in [-0.39, 0.29) is 23.8 Å². The fourth-order valence-electron chi connectivity index (χ4n) is 6.00. The van der Waals surface area contributed by atoms with Crippen molar-refractivity contribution in [2.24, 2.45) is 10.7 Å². The lowest BCUT2D eigenvalue weighted by molar-refractivity contribution is -0.684. The largest absolute Gasteiger partial charge is 0.343 e. The zero-order chi connectivity index (χ0) is 36.4. The SMILES string of the molecule is CON(C)C(=O)c1cc2c([n+](CCCS(=O)(=O)O)c1)N=C(/C=C/C=C/C=C/C=C1/N(CCN)c3ccc(S(=O)(=O)O)cc3C1(C)C)C2(C)C. The van der Waals surface area contributed by atoms with E-state index in [1.54, 1.807) is 22.9 Å². The highest BCUT2D eigenvalue weighted by atomic mass is 32.2. The molecule has 0 atom stereocenters. The van der Waals surface area contributed by atoms with Crippen molar-refractivity contribution in [3.8, 4) is 0 Å². The third kappa shape index (κ3) is 8.25. The molecule has 13 nitrogen and oxygen atoms in total. The number of hydroxylamine groups is 2. The van der Waals surface area contributed by atoms with Gasteiger partial charge in [-0.3, -0.25) is 18.7 Å². The Labute approximate surface area is 288 Å². The summed E-state index contributed by atoms with van der Waals surface area (Å²) < 4.78 is 66.8. The van der Waals surface area contributed by atoms with Crippen LogP contribution in [0, 0.1) is 0 Å². The quantitative estimate of drug-likeness (QED) is 0.119. The molecule has 0 saturated heterocycles. The third-order valence-corrected chi connectivity index (χ3v) is 10.4. The minimum atomic E-state index is -4.35. The number of amides is 1. The number of nitrogens with two attached hydrogens (primary N) is 1. The zero-order valence-electron chi connectivity index (χ0n) is 28.5. The van der Waals surface area contributed by atoms with Gasteiger partial charge in [0.15, 0.2) is 5.71 Å². The van der Waals surface area contributed by atoms with Crippen LogP contribution < -0.4 is 15.2 Å². The van der Waals surface area contributed by atoms with Gasteiger partial charge >= 0.3 is 5.82 Å². The maximum absolute atomic E-state index is 13.0. The molecule has 0 fully saturated rings. The number of anilines is 1. The maximum atomic E-state index is 13.0. The second kappa shape index (κ2) is 14.5. The topological polar surface area (TPSA) is 184 Å². The number of pyridine rings is 1. The van der Waals surface area contributed by atoms with Crippen molar-refractivity contribution in [2.45, 2.75) is 56.4 Å². The van der Waals surface area contributed by atoms with Gasteiger partial charge in [-0.25, -0.2) is 9.63 Å². The van der Waals surface area contributed by atoms with Crippen LogP contribution in [0.3, 0.4) is 0 Å². The summed E-state index contributed by atoms with van der Waals surface area (Å²) in [6.45, 7) is 9.08. The Kier molecular flexibility index (Phi) is 11.2. The lowest BCUT2D eigenvalue weighted by Gasteiger charge is -2.26. The van der Waals surface area contributed by atoms with Crippen molar-refractivity contribution in [3.05, 3.63) is 95.4 Å². The molecule has 49 heavy (non-hydrogen) atoms. The zero-order valence-corrected chi connectivity index (χ0v) is 30.1. The first-order valence-corrected chi connectivity index (χ1v) is 18.6. The van der Waals surface area contributed by atoms with E-state index in [9.17, 15) is 30.7 Å². The highest BCUT2D eigenvalue weighted by Crippen LogP contribution is 2.48. The third-order valence-electron chi connectivity index (χ3n) is 8.72. The first-order valence-electron chi connectivity index (χ1n) is 15.6. The molecule has 0 bridgehead atoms. The Morgan fingerprint density at radius 3 is 2.33 bits per heavy atom. The van der Waals surface area contributed by atoms with Gasteiger partial charge in [-0.05, 0) is 60.8 Å². The molecule has 264 valence electrons. The van der Waals surface area contributed by atoms with Gasteiger partial charge in [0, 0.05) is 43.4 Å². The summed E-state index contributed by atoms with van der Waals surface area (Å²) in [4.78, 5) is 24.8. The second-order valence-corrected chi connectivity index (χ2v) is 15.8. The van der Waals surface area contributed by atoms with E-state index in [1.807, 2.05) is 70.2 Å².